The van der Waals surface area contributed by atoms with Crippen molar-refractivity contribution in [3.63, 3.8) is 0 Å². The van der Waals surface area contributed by atoms with Crippen LogP contribution in [-0.2, 0) is 28.2 Å². The number of hydrogen-bond donors (Lipinski definition) is 4. The number of allylic oxidation sites excluding steroid dienone is 13. The molecule has 52 heavy (non-hydrogen) atoms. The lowest BCUT2D eigenvalue weighted by Crippen LogP contribution is -2.29. The largest absolute Gasteiger partial charge is 0.469 e. The van der Waals surface area contributed by atoms with Gasteiger partial charge in [-0.1, -0.05) is 124 Å². The topological polar surface area (TPSA) is 160 Å². The van der Waals surface area contributed by atoms with Gasteiger partial charge in [0, 0.05) is 12.8 Å². The van der Waals surface area contributed by atoms with E-state index in [0.717, 1.165) is 44.9 Å². The van der Waals surface area contributed by atoms with Crippen LogP contribution in [-0.4, -0.2) is 63.5 Å². The van der Waals surface area contributed by atoms with E-state index < -0.39 is 51.3 Å². The van der Waals surface area contributed by atoms with Gasteiger partial charge in [0.05, 0.1) is 18.8 Å². The third-order valence-electron chi connectivity index (χ3n) is 7.28. The van der Waals surface area contributed by atoms with Crippen molar-refractivity contribution in [3.8, 4) is 0 Å². The molecule has 0 unspecified atom stereocenters. The van der Waals surface area contributed by atoms with Crippen LogP contribution in [0.3, 0.4) is 0 Å². The van der Waals surface area contributed by atoms with Gasteiger partial charge < -0.3 is 29.5 Å². The minimum Gasteiger partial charge on any atom is -0.462 e. The number of esters is 2. The molecular weight excluding hydrogens is 683 g/mol. The summed E-state index contributed by atoms with van der Waals surface area (Å²) < 4.78 is 26.1. The summed E-state index contributed by atoms with van der Waals surface area (Å²) in [4.78, 5) is 42.7. The number of unbranched alkanes of at least 4 members (excludes halogenated alkanes) is 5. The predicted octanol–water partition coefficient (Wildman–Crippen LogP) is 9.00. The van der Waals surface area contributed by atoms with Gasteiger partial charge in [-0.2, -0.15) is 0 Å². The zero-order chi connectivity index (χ0) is 38.5. The first-order valence-electron chi connectivity index (χ1n) is 18.7. The fourth-order valence-corrected chi connectivity index (χ4v) is 4.80. The highest BCUT2D eigenvalue weighted by Crippen LogP contribution is 2.35. The van der Waals surface area contributed by atoms with E-state index in [1.807, 2.05) is 6.08 Å². The van der Waals surface area contributed by atoms with Crippen LogP contribution in [0.4, 0.5) is 0 Å². The van der Waals surface area contributed by atoms with Crippen molar-refractivity contribution in [2.75, 3.05) is 13.2 Å². The Morgan fingerprint density at radius 2 is 1.19 bits per heavy atom. The number of ether oxygens (including phenoxy) is 2. The molecule has 3 atom stereocenters. The fourth-order valence-electron chi connectivity index (χ4n) is 4.44. The molecule has 0 spiro atoms. The number of phosphoric acid groups is 1. The van der Waals surface area contributed by atoms with E-state index in [9.17, 15) is 24.4 Å². The number of phosphoric ester groups is 1. The summed E-state index contributed by atoms with van der Waals surface area (Å²) in [5, 5.41) is 20.1. The Hall–Kier alpha value is -3.11. The molecule has 294 valence electrons. The molecule has 0 aliphatic carbocycles. The molecule has 10 nitrogen and oxygen atoms in total. The number of aliphatic hydroxyl groups excluding tert-OH is 2. The molecule has 0 aromatic carbocycles. The van der Waals surface area contributed by atoms with Crippen LogP contribution >= 0.6 is 7.82 Å². The molecule has 0 aromatic rings. The van der Waals surface area contributed by atoms with Gasteiger partial charge in [-0.25, -0.2) is 4.57 Å². The molecule has 0 saturated heterocycles. The Morgan fingerprint density at radius 1 is 0.635 bits per heavy atom. The van der Waals surface area contributed by atoms with Crippen molar-refractivity contribution in [1.82, 2.24) is 0 Å². The molecule has 0 amide bonds. The molecule has 0 aliphatic rings. The highest BCUT2D eigenvalue weighted by molar-refractivity contribution is 7.46. The van der Waals surface area contributed by atoms with Gasteiger partial charge in [-0.05, 0) is 77.0 Å². The zero-order valence-electron chi connectivity index (χ0n) is 31.4. The standard InChI is InChI=1S/C41H65O10P/c1-3-5-7-9-11-12-13-14-15-16-17-18-19-21-27-33-41(45)51-39(36-50-52(46,47)48)35-49-40(44)34-28-32-38(43)31-26-23-22-25-30-37(42)29-24-20-10-8-6-4-2/h5,7,11-12,14-15,17-18,20,22-26,30-31,37-39,42-43H,3-4,6,8-10,13,16,19,21,27-29,32-36H2,1-2H3,(H2,46,47,48)/b7-5-,12-11-,15-14-,18-17-,23-22+,24-20-,30-25+,31-26-/t37-,38-,39-/m1/s1. The second-order valence-electron chi connectivity index (χ2n) is 12.2. The molecule has 0 aromatic heterocycles. The normalized spacial score (nSPS) is 14.8. The molecule has 0 fully saturated rings. The van der Waals surface area contributed by atoms with Crippen molar-refractivity contribution >= 4 is 19.8 Å². The second kappa shape index (κ2) is 34.9. The quantitative estimate of drug-likeness (QED) is 0.0172. The van der Waals surface area contributed by atoms with E-state index in [4.69, 9.17) is 19.3 Å². The van der Waals surface area contributed by atoms with Crippen molar-refractivity contribution in [1.29, 1.82) is 0 Å². The first kappa shape index (κ1) is 48.9. The van der Waals surface area contributed by atoms with Gasteiger partial charge in [0.25, 0.3) is 0 Å². The zero-order valence-corrected chi connectivity index (χ0v) is 32.3. The van der Waals surface area contributed by atoms with Gasteiger partial charge >= 0.3 is 19.8 Å². The lowest BCUT2D eigenvalue weighted by molar-refractivity contribution is -0.161. The second-order valence-corrected chi connectivity index (χ2v) is 13.5. The minimum atomic E-state index is -4.83. The molecule has 0 rings (SSSR count). The maximum Gasteiger partial charge on any atom is 0.469 e. The summed E-state index contributed by atoms with van der Waals surface area (Å²) in [5.74, 6) is -1.19. The monoisotopic (exact) mass is 748 g/mol. The molecule has 0 bridgehead atoms. The average Bonchev–Trinajstić information content (AvgIpc) is 3.10. The smallest absolute Gasteiger partial charge is 0.462 e. The summed E-state index contributed by atoms with van der Waals surface area (Å²) in [5.41, 5.74) is 0. The first-order chi connectivity index (χ1) is 25.1. The van der Waals surface area contributed by atoms with E-state index in [2.05, 4.69) is 73.1 Å². The van der Waals surface area contributed by atoms with Gasteiger partial charge in [0.2, 0.25) is 0 Å². The number of rotatable bonds is 32. The highest BCUT2D eigenvalue weighted by atomic mass is 31.2. The Balaban J connectivity index is 4.35. The van der Waals surface area contributed by atoms with Crippen LogP contribution < -0.4 is 0 Å². The Kier molecular flexibility index (Phi) is 32.9. The fraction of sp³-hybridized carbons (Fsp3) is 0.561. The molecular formula is C41H65O10P. The van der Waals surface area contributed by atoms with E-state index in [1.54, 1.807) is 36.5 Å². The molecule has 0 saturated carbocycles. The Labute approximate surface area is 312 Å². The third kappa shape index (κ3) is 36.7. The summed E-state index contributed by atoms with van der Waals surface area (Å²) >= 11 is 0. The number of carbonyl (C=O) groups is 2. The van der Waals surface area contributed by atoms with Gasteiger partial charge in [0.15, 0.2) is 6.10 Å². The van der Waals surface area contributed by atoms with E-state index in [1.165, 1.54) is 19.3 Å². The van der Waals surface area contributed by atoms with Crippen molar-refractivity contribution in [2.45, 2.75) is 135 Å². The molecule has 0 aliphatic heterocycles. The van der Waals surface area contributed by atoms with Crippen molar-refractivity contribution in [3.05, 3.63) is 97.2 Å². The highest BCUT2D eigenvalue weighted by Gasteiger charge is 2.23. The van der Waals surface area contributed by atoms with E-state index in [-0.39, 0.29) is 12.8 Å². The van der Waals surface area contributed by atoms with Crippen LogP contribution in [0.2, 0.25) is 0 Å². The Morgan fingerprint density at radius 3 is 1.81 bits per heavy atom. The summed E-state index contributed by atoms with van der Waals surface area (Å²) in [6.45, 7) is 3.23. The maximum absolute atomic E-state index is 12.3. The number of hydrogen-bond acceptors (Lipinski definition) is 8. The van der Waals surface area contributed by atoms with Crippen LogP contribution in [0, 0.1) is 0 Å². The number of aliphatic hydroxyl groups is 2. The van der Waals surface area contributed by atoms with Crippen LogP contribution in [0.25, 0.3) is 0 Å². The van der Waals surface area contributed by atoms with Crippen LogP contribution in [0.1, 0.15) is 117 Å². The molecule has 0 radical (unpaired) electrons. The summed E-state index contributed by atoms with van der Waals surface area (Å²) in [6.07, 6.45) is 40.5. The average molecular weight is 749 g/mol. The van der Waals surface area contributed by atoms with Crippen LogP contribution in [0.15, 0.2) is 97.2 Å². The third-order valence-corrected chi connectivity index (χ3v) is 7.76. The maximum atomic E-state index is 12.3. The van der Waals surface area contributed by atoms with E-state index >= 15 is 0 Å². The van der Waals surface area contributed by atoms with Gasteiger partial charge in [-0.15, -0.1) is 0 Å². The molecule has 0 heterocycles. The lowest BCUT2D eigenvalue weighted by atomic mass is 10.1. The van der Waals surface area contributed by atoms with Crippen molar-refractivity contribution in [2.24, 2.45) is 0 Å². The van der Waals surface area contributed by atoms with Crippen molar-refractivity contribution < 1.29 is 48.2 Å². The summed E-state index contributed by atoms with van der Waals surface area (Å²) in [7, 11) is -4.83. The van der Waals surface area contributed by atoms with Crippen LogP contribution in [0.5, 0.6) is 0 Å². The predicted molar refractivity (Wildman–Crippen MR) is 209 cm³/mol. The SMILES string of the molecule is CC/C=C\C/C=C\C/C=C\C/C=C\CCCCC(=O)O[C@H](COC(=O)CCC[C@H](O)\C=C/C=C/C=C/[C@H](O)C/C=C\CCCCC)COP(=O)(O)O. The lowest BCUT2D eigenvalue weighted by Gasteiger charge is -2.18. The Bertz CT molecular complexity index is 1190. The molecule has 11 heteroatoms. The van der Waals surface area contributed by atoms with Gasteiger partial charge in [0.1, 0.15) is 6.61 Å². The number of carbonyl (C=O) groups excluding carboxylic acids is 2. The summed E-state index contributed by atoms with van der Waals surface area (Å²) in [6, 6.07) is 0. The molecule has 4 N–H and O–H groups in total. The first-order valence-corrected chi connectivity index (χ1v) is 20.3. The van der Waals surface area contributed by atoms with E-state index in [0.29, 0.717) is 25.7 Å². The minimum absolute atomic E-state index is 0.00820. The van der Waals surface area contributed by atoms with Gasteiger partial charge in [-0.3, -0.25) is 14.1 Å².